The molecule has 40 heavy (non-hydrogen) atoms. The molecule has 0 radical (unpaired) electrons. The Hall–Kier alpha value is -3.73. The quantitative estimate of drug-likeness (QED) is 0.254. The fourth-order valence-corrected chi connectivity index (χ4v) is 6.17. The second-order valence-corrected chi connectivity index (χ2v) is 11.7. The van der Waals surface area contributed by atoms with Crippen LogP contribution in [0.5, 0.6) is 0 Å². The minimum atomic E-state index is -1.03. The summed E-state index contributed by atoms with van der Waals surface area (Å²) in [7, 11) is 4.00. The second-order valence-electron chi connectivity index (χ2n) is 10.8. The summed E-state index contributed by atoms with van der Waals surface area (Å²) < 4.78 is 0. The molecule has 2 aromatic heterocycles. The van der Waals surface area contributed by atoms with Gasteiger partial charge in [-0.15, -0.1) is 11.3 Å². The number of benzene rings is 2. The second kappa shape index (κ2) is 11.8. The number of nitrogens with one attached hydrogen (secondary N) is 3. The monoisotopic (exact) mass is 560 g/mol. The molecule has 4 aromatic rings. The number of thiazole rings is 1. The molecule has 9 nitrogen and oxygen atoms in total. The van der Waals surface area contributed by atoms with Crippen molar-refractivity contribution in [1.29, 1.82) is 0 Å². The van der Waals surface area contributed by atoms with Gasteiger partial charge in [-0.3, -0.25) is 4.79 Å². The number of rotatable bonds is 8. The van der Waals surface area contributed by atoms with Crippen LogP contribution < -0.4 is 10.6 Å². The van der Waals surface area contributed by atoms with E-state index in [9.17, 15) is 14.7 Å². The van der Waals surface area contributed by atoms with Crippen molar-refractivity contribution < 1.29 is 14.7 Å². The Morgan fingerprint density at radius 1 is 1.18 bits per heavy atom. The molecule has 0 aliphatic carbocycles. The maximum Gasteiger partial charge on any atom is 0.318 e. The molecule has 0 unspecified atom stereocenters. The van der Waals surface area contributed by atoms with Crippen molar-refractivity contribution in [2.24, 2.45) is 0 Å². The maximum absolute atomic E-state index is 13.8. The summed E-state index contributed by atoms with van der Waals surface area (Å²) in [5.41, 5.74) is 2.66. The van der Waals surface area contributed by atoms with Gasteiger partial charge in [0.15, 0.2) is 0 Å². The fraction of sp³-hybridized carbons (Fsp3) is 0.367. The smallest absolute Gasteiger partial charge is 0.318 e. The van der Waals surface area contributed by atoms with Crippen LogP contribution in [0.25, 0.3) is 10.9 Å². The van der Waals surface area contributed by atoms with Gasteiger partial charge >= 0.3 is 6.03 Å². The molecule has 0 spiro atoms. The summed E-state index contributed by atoms with van der Waals surface area (Å²) in [6.07, 6.45) is 4.38. The summed E-state index contributed by atoms with van der Waals surface area (Å²) in [5.74, 6) is -0.605. The lowest BCUT2D eigenvalue weighted by Crippen LogP contribution is -2.54. The minimum absolute atomic E-state index is 0.288. The van der Waals surface area contributed by atoms with E-state index in [0.29, 0.717) is 36.6 Å². The highest BCUT2D eigenvalue weighted by Gasteiger charge is 2.39. The normalized spacial score (nSPS) is 16.6. The zero-order valence-corrected chi connectivity index (χ0v) is 23.9. The van der Waals surface area contributed by atoms with Gasteiger partial charge in [-0.2, -0.15) is 0 Å². The SMILES string of the molecule is C[C@@H](c1c[nH]c2ccccc12)[C@@H](NC(=O)N1CCC(O)(c2nccs2)CC1)C(=O)Nc1cccc(CN(C)C)c1. The highest BCUT2D eigenvalue weighted by atomic mass is 32.1. The third-order valence-electron chi connectivity index (χ3n) is 7.57. The zero-order valence-electron chi connectivity index (χ0n) is 23.1. The van der Waals surface area contributed by atoms with Crippen molar-refractivity contribution in [2.45, 2.75) is 43.9 Å². The van der Waals surface area contributed by atoms with E-state index < -0.39 is 11.6 Å². The van der Waals surface area contributed by atoms with Crippen LogP contribution in [0.2, 0.25) is 0 Å². The Labute approximate surface area is 238 Å². The van der Waals surface area contributed by atoms with E-state index in [-0.39, 0.29) is 17.9 Å². The van der Waals surface area contributed by atoms with Crippen LogP contribution in [0.4, 0.5) is 10.5 Å². The summed E-state index contributed by atoms with van der Waals surface area (Å²) in [5, 5.41) is 20.7. The van der Waals surface area contributed by atoms with Gasteiger partial charge < -0.3 is 30.5 Å². The van der Waals surface area contributed by atoms with E-state index in [1.807, 2.05) is 81.1 Å². The number of para-hydroxylation sites is 1. The molecule has 0 saturated carbocycles. The Morgan fingerprint density at radius 3 is 2.67 bits per heavy atom. The number of fused-ring (bicyclic) bond motifs is 1. The van der Waals surface area contributed by atoms with E-state index in [2.05, 4.69) is 25.5 Å². The Morgan fingerprint density at radius 2 is 1.95 bits per heavy atom. The minimum Gasteiger partial charge on any atom is -0.383 e. The van der Waals surface area contributed by atoms with E-state index >= 15 is 0 Å². The Kier molecular flexibility index (Phi) is 8.20. The summed E-state index contributed by atoms with van der Waals surface area (Å²) in [4.78, 5) is 38.6. The van der Waals surface area contributed by atoms with E-state index in [1.165, 1.54) is 11.3 Å². The fourth-order valence-electron chi connectivity index (χ4n) is 5.37. The molecular weight excluding hydrogens is 524 g/mol. The van der Waals surface area contributed by atoms with E-state index in [4.69, 9.17) is 0 Å². The lowest BCUT2D eigenvalue weighted by molar-refractivity contribution is -0.118. The molecule has 5 rings (SSSR count). The number of carbonyl (C=O) groups excluding carboxylic acids is 2. The molecule has 1 aliphatic heterocycles. The van der Waals surface area contributed by atoms with Gasteiger partial charge in [-0.05, 0) is 43.4 Å². The van der Waals surface area contributed by atoms with Crippen LogP contribution in [0.15, 0.2) is 66.3 Å². The average molecular weight is 561 g/mol. The molecular formula is C30H36N6O3S. The number of urea groups is 1. The third-order valence-corrected chi connectivity index (χ3v) is 8.54. The lowest BCUT2D eigenvalue weighted by Gasteiger charge is -2.37. The summed E-state index contributed by atoms with van der Waals surface area (Å²) in [6.45, 7) is 3.44. The highest BCUT2D eigenvalue weighted by Crippen LogP contribution is 2.34. The van der Waals surface area contributed by atoms with Gasteiger partial charge in [0.25, 0.3) is 0 Å². The van der Waals surface area contributed by atoms with Gasteiger partial charge in [0.1, 0.15) is 16.7 Å². The topological polar surface area (TPSA) is 114 Å². The average Bonchev–Trinajstić information content (AvgIpc) is 3.63. The lowest BCUT2D eigenvalue weighted by atomic mass is 9.91. The molecule has 10 heteroatoms. The Balaban J connectivity index is 1.35. The van der Waals surface area contributed by atoms with E-state index in [1.54, 1.807) is 11.1 Å². The molecule has 0 bridgehead atoms. The standard InChI is InChI=1S/C30H36N6O3S/c1-20(24-18-32-25-10-5-4-9-23(24)25)26(27(37)33-22-8-6-7-21(17-22)19-35(2)3)34-29(38)36-14-11-30(39,12-15-36)28-31-13-16-40-28/h4-10,13,16-18,20,26,32,39H,11-12,14-15,19H2,1-3H3,(H,33,37)(H,34,38)/t20-,26+/m0/s1. The first-order valence-electron chi connectivity index (χ1n) is 13.5. The first-order chi connectivity index (χ1) is 19.2. The van der Waals surface area contributed by atoms with Gasteiger partial charge in [0.2, 0.25) is 5.91 Å². The number of aliphatic hydroxyl groups is 1. The number of aromatic amines is 1. The van der Waals surface area contributed by atoms with E-state index in [0.717, 1.165) is 28.6 Å². The number of nitrogens with zero attached hydrogens (tertiary/aromatic N) is 3. The predicted molar refractivity (Wildman–Crippen MR) is 158 cm³/mol. The van der Waals surface area contributed by atoms with Crippen LogP contribution in [-0.4, -0.2) is 70.0 Å². The van der Waals surface area contributed by atoms with Gasteiger partial charge in [-0.25, -0.2) is 9.78 Å². The molecule has 3 amide bonds. The van der Waals surface area contributed by atoms with Crippen LogP contribution in [0, 0.1) is 0 Å². The van der Waals surface area contributed by atoms with Crippen molar-refractivity contribution in [3.05, 3.63) is 82.4 Å². The maximum atomic E-state index is 13.8. The molecule has 4 N–H and O–H groups in total. The van der Waals surface area contributed by atoms with Crippen LogP contribution in [-0.2, 0) is 16.9 Å². The molecule has 2 atom stereocenters. The zero-order chi connectivity index (χ0) is 28.3. The number of hydrogen-bond acceptors (Lipinski definition) is 6. The van der Waals surface area contributed by atoms with Gasteiger partial charge in [0, 0.05) is 72.8 Å². The summed E-state index contributed by atoms with van der Waals surface area (Å²) >= 11 is 1.42. The molecule has 1 fully saturated rings. The van der Waals surface area contributed by atoms with Crippen LogP contribution in [0.1, 0.15) is 41.8 Å². The first-order valence-corrected chi connectivity index (χ1v) is 14.4. The third kappa shape index (κ3) is 6.04. The predicted octanol–water partition coefficient (Wildman–Crippen LogP) is 4.49. The number of piperidine rings is 1. The number of anilines is 1. The number of carbonyl (C=O) groups is 2. The van der Waals surface area contributed by atoms with Crippen molar-refractivity contribution in [3.63, 3.8) is 0 Å². The van der Waals surface area contributed by atoms with Gasteiger partial charge in [0.05, 0.1) is 0 Å². The van der Waals surface area contributed by atoms with Crippen LogP contribution >= 0.6 is 11.3 Å². The molecule has 1 aliphatic rings. The molecule has 3 heterocycles. The number of aromatic nitrogens is 2. The van der Waals surface area contributed by atoms with Crippen molar-refractivity contribution in [2.75, 3.05) is 32.5 Å². The largest absolute Gasteiger partial charge is 0.383 e. The number of H-pyrrole nitrogens is 1. The number of hydrogen-bond donors (Lipinski definition) is 4. The molecule has 1 saturated heterocycles. The Bertz CT molecular complexity index is 1460. The number of amides is 3. The molecule has 210 valence electrons. The number of likely N-dealkylation sites (tertiary alicyclic amines) is 1. The van der Waals surface area contributed by atoms with Crippen LogP contribution in [0.3, 0.4) is 0 Å². The van der Waals surface area contributed by atoms with Crippen molar-refractivity contribution >= 4 is 39.9 Å². The molecule has 2 aromatic carbocycles. The summed E-state index contributed by atoms with van der Waals surface area (Å²) in [6, 6.07) is 14.5. The van der Waals surface area contributed by atoms with Crippen molar-refractivity contribution in [3.8, 4) is 0 Å². The highest BCUT2D eigenvalue weighted by molar-refractivity contribution is 7.09. The van der Waals surface area contributed by atoms with Crippen molar-refractivity contribution in [1.82, 2.24) is 25.1 Å². The van der Waals surface area contributed by atoms with Gasteiger partial charge in [-0.1, -0.05) is 37.3 Å². The first kappa shape index (κ1) is 27.8.